The third-order valence-electron chi connectivity index (χ3n) is 9.59. The normalized spacial score (nSPS) is 24.7. The van der Waals surface area contributed by atoms with Crippen molar-refractivity contribution >= 4 is 35.1 Å². The average Bonchev–Trinajstić information content (AvgIpc) is 3.58. The predicted molar refractivity (Wildman–Crippen MR) is 162 cm³/mol. The number of esters is 1. The smallest absolute Gasteiger partial charge is 0.316 e. The SMILES string of the molecule is COc1cccc(N2C[C@H](C(=O)Oc3ccc(N4C(=O)[C@@H]5C6c7ccccc7C(c7ccccc76)[C@H]5C4=O)cc3)CC2=O)c1. The number of imide groups is 1. The molecule has 2 bridgehead atoms. The van der Waals surface area contributed by atoms with E-state index >= 15 is 0 Å². The van der Waals surface area contributed by atoms with E-state index in [1.165, 1.54) is 4.90 Å². The largest absolute Gasteiger partial charge is 0.497 e. The Kier molecular flexibility index (Phi) is 5.94. The molecule has 0 unspecified atom stereocenters. The number of hydrogen-bond acceptors (Lipinski definition) is 6. The standard InChI is InChI=1S/C36H28N2O6/c1-43-24-8-6-7-22(18-24)37-19-20(17-29(37)39)36(42)44-23-15-13-21(14-16-23)38-34(40)32-30-25-9-2-3-10-26(25)31(33(32)35(38)41)28-12-5-4-11-27(28)30/h2-16,18,20,30-33H,17,19H2,1H3/t20-,30?,31?,32-,33-/m1/s1. The molecule has 218 valence electrons. The minimum atomic E-state index is -0.628. The molecule has 4 aromatic rings. The van der Waals surface area contributed by atoms with Crippen molar-refractivity contribution in [1.29, 1.82) is 0 Å². The number of methoxy groups -OCH3 is 1. The first-order chi connectivity index (χ1) is 21.4. The van der Waals surface area contributed by atoms with Gasteiger partial charge < -0.3 is 14.4 Å². The molecule has 0 radical (unpaired) electrons. The summed E-state index contributed by atoms with van der Waals surface area (Å²) in [6.07, 6.45) is 0.0425. The van der Waals surface area contributed by atoms with E-state index in [1.54, 1.807) is 60.5 Å². The summed E-state index contributed by atoms with van der Waals surface area (Å²) in [6, 6.07) is 29.9. The highest BCUT2D eigenvalue weighted by molar-refractivity contribution is 6.23. The van der Waals surface area contributed by atoms with Crippen LogP contribution in [0.2, 0.25) is 0 Å². The van der Waals surface area contributed by atoms with Gasteiger partial charge in [-0.15, -0.1) is 0 Å². The first kappa shape index (κ1) is 26.4. The van der Waals surface area contributed by atoms with Crippen LogP contribution in [0.15, 0.2) is 97.1 Å². The van der Waals surface area contributed by atoms with Gasteiger partial charge in [-0.05, 0) is 58.7 Å². The Morgan fingerprint density at radius 1 is 0.682 bits per heavy atom. The molecule has 2 aliphatic heterocycles. The summed E-state index contributed by atoms with van der Waals surface area (Å²) in [6.45, 7) is 0.204. The van der Waals surface area contributed by atoms with E-state index in [-0.39, 0.29) is 48.3 Å². The fourth-order valence-corrected chi connectivity index (χ4v) is 7.69. The number of benzene rings is 4. The lowest BCUT2D eigenvalue weighted by Crippen LogP contribution is -2.41. The van der Waals surface area contributed by atoms with E-state index in [0.29, 0.717) is 17.1 Å². The molecule has 4 aromatic carbocycles. The second-order valence-corrected chi connectivity index (χ2v) is 11.8. The van der Waals surface area contributed by atoms with Crippen LogP contribution in [-0.4, -0.2) is 37.3 Å². The molecule has 0 saturated carbocycles. The summed E-state index contributed by atoms with van der Waals surface area (Å²) in [4.78, 5) is 56.6. The molecule has 3 amide bonds. The third-order valence-corrected chi connectivity index (χ3v) is 9.59. The zero-order valence-electron chi connectivity index (χ0n) is 23.9. The second-order valence-electron chi connectivity index (χ2n) is 11.8. The van der Waals surface area contributed by atoms with Crippen LogP contribution >= 0.6 is 0 Å². The molecule has 0 N–H and O–H groups in total. The fourth-order valence-electron chi connectivity index (χ4n) is 7.69. The molecule has 2 saturated heterocycles. The zero-order valence-corrected chi connectivity index (χ0v) is 23.9. The highest BCUT2D eigenvalue weighted by Crippen LogP contribution is 2.61. The van der Waals surface area contributed by atoms with E-state index in [1.807, 2.05) is 24.3 Å². The van der Waals surface area contributed by atoms with Gasteiger partial charge in [0, 0.05) is 36.6 Å². The molecule has 9 rings (SSSR count). The van der Waals surface area contributed by atoms with Gasteiger partial charge in [0.1, 0.15) is 11.5 Å². The van der Waals surface area contributed by atoms with Crippen molar-refractivity contribution < 1.29 is 28.7 Å². The van der Waals surface area contributed by atoms with Gasteiger partial charge in [0.15, 0.2) is 0 Å². The zero-order chi connectivity index (χ0) is 30.1. The molecule has 2 heterocycles. The summed E-state index contributed by atoms with van der Waals surface area (Å²) in [5, 5.41) is 0. The van der Waals surface area contributed by atoms with Crippen molar-refractivity contribution in [3.05, 3.63) is 119 Å². The summed E-state index contributed by atoms with van der Waals surface area (Å²) in [5.74, 6) is -2.10. The van der Waals surface area contributed by atoms with Crippen LogP contribution in [0.25, 0.3) is 0 Å². The van der Waals surface area contributed by atoms with Crippen molar-refractivity contribution in [2.75, 3.05) is 23.5 Å². The predicted octanol–water partition coefficient (Wildman–Crippen LogP) is 5.05. The first-order valence-corrected chi connectivity index (χ1v) is 14.8. The number of nitrogens with zero attached hydrogens (tertiary/aromatic N) is 2. The van der Waals surface area contributed by atoms with E-state index in [0.717, 1.165) is 22.3 Å². The Labute approximate surface area is 253 Å². The highest BCUT2D eigenvalue weighted by atomic mass is 16.5. The van der Waals surface area contributed by atoms with E-state index in [2.05, 4.69) is 24.3 Å². The lowest BCUT2D eigenvalue weighted by atomic mass is 9.55. The minimum absolute atomic E-state index is 0.0425. The maximum absolute atomic E-state index is 14.0. The molecule has 44 heavy (non-hydrogen) atoms. The lowest BCUT2D eigenvalue weighted by molar-refractivity contribution is -0.139. The van der Waals surface area contributed by atoms with Crippen molar-refractivity contribution in [3.63, 3.8) is 0 Å². The average molecular weight is 585 g/mol. The van der Waals surface area contributed by atoms with Crippen molar-refractivity contribution in [1.82, 2.24) is 0 Å². The topological polar surface area (TPSA) is 93.2 Å². The molecule has 3 aliphatic carbocycles. The number of carbonyl (C=O) groups excluding carboxylic acids is 4. The van der Waals surface area contributed by atoms with Crippen LogP contribution < -0.4 is 19.3 Å². The molecule has 0 aromatic heterocycles. The maximum Gasteiger partial charge on any atom is 0.316 e. The van der Waals surface area contributed by atoms with E-state index in [4.69, 9.17) is 9.47 Å². The van der Waals surface area contributed by atoms with Gasteiger partial charge in [0.25, 0.3) is 0 Å². The molecule has 5 aliphatic rings. The minimum Gasteiger partial charge on any atom is -0.497 e. The molecule has 8 heteroatoms. The summed E-state index contributed by atoms with van der Waals surface area (Å²) >= 11 is 0. The maximum atomic E-state index is 14.0. The van der Waals surface area contributed by atoms with Gasteiger partial charge in [-0.3, -0.25) is 19.2 Å². The van der Waals surface area contributed by atoms with E-state index in [9.17, 15) is 19.2 Å². The second kappa shape index (κ2) is 9.91. The molecule has 8 nitrogen and oxygen atoms in total. The molecular weight excluding hydrogens is 556 g/mol. The number of carbonyl (C=O) groups is 4. The van der Waals surface area contributed by atoms with Crippen LogP contribution in [0, 0.1) is 17.8 Å². The van der Waals surface area contributed by atoms with E-state index < -0.39 is 23.7 Å². The lowest BCUT2D eigenvalue weighted by Gasteiger charge is -2.45. The number of hydrogen-bond donors (Lipinski definition) is 0. The Hall–Kier alpha value is -5.24. The summed E-state index contributed by atoms with van der Waals surface area (Å²) in [7, 11) is 1.56. The number of ether oxygens (including phenoxy) is 2. The van der Waals surface area contributed by atoms with Crippen molar-refractivity contribution in [3.8, 4) is 11.5 Å². The quantitative estimate of drug-likeness (QED) is 0.185. The Morgan fingerprint density at radius 2 is 1.25 bits per heavy atom. The molecule has 0 spiro atoms. The van der Waals surface area contributed by atoms with Crippen LogP contribution in [-0.2, 0) is 19.2 Å². The first-order valence-electron chi connectivity index (χ1n) is 14.8. The van der Waals surface area contributed by atoms with Gasteiger partial charge in [0.05, 0.1) is 30.6 Å². The molecular formula is C36H28N2O6. The van der Waals surface area contributed by atoms with Gasteiger partial charge >= 0.3 is 5.97 Å². The highest BCUT2D eigenvalue weighted by Gasteiger charge is 2.61. The Bertz CT molecular complexity index is 1750. The Morgan fingerprint density at radius 3 is 1.80 bits per heavy atom. The van der Waals surface area contributed by atoms with Crippen LogP contribution in [0.1, 0.15) is 40.5 Å². The van der Waals surface area contributed by atoms with Gasteiger partial charge in [-0.1, -0.05) is 54.6 Å². The summed E-state index contributed by atoms with van der Waals surface area (Å²) < 4.78 is 10.9. The van der Waals surface area contributed by atoms with Crippen LogP contribution in [0.4, 0.5) is 11.4 Å². The number of anilines is 2. The fraction of sp³-hybridized carbons (Fsp3) is 0.222. The molecule has 2 fully saturated rings. The number of rotatable bonds is 5. The summed E-state index contributed by atoms with van der Waals surface area (Å²) in [5.41, 5.74) is 5.60. The van der Waals surface area contributed by atoms with Gasteiger partial charge in [0.2, 0.25) is 17.7 Å². The number of amides is 3. The van der Waals surface area contributed by atoms with Crippen molar-refractivity contribution in [2.45, 2.75) is 18.3 Å². The van der Waals surface area contributed by atoms with Crippen LogP contribution in [0.3, 0.4) is 0 Å². The van der Waals surface area contributed by atoms with Crippen molar-refractivity contribution in [2.24, 2.45) is 17.8 Å². The van der Waals surface area contributed by atoms with Gasteiger partial charge in [-0.2, -0.15) is 0 Å². The monoisotopic (exact) mass is 584 g/mol. The third kappa shape index (κ3) is 3.83. The Balaban J connectivity index is 1.01. The molecule has 3 atom stereocenters. The van der Waals surface area contributed by atoms with Gasteiger partial charge in [-0.25, -0.2) is 4.90 Å². The van der Waals surface area contributed by atoms with Crippen LogP contribution in [0.5, 0.6) is 11.5 Å².